The number of piperidine rings is 1. The lowest BCUT2D eigenvalue weighted by Gasteiger charge is -2.39. The Kier molecular flexibility index (Phi) is 5.40. The average Bonchev–Trinajstić information content (AvgIpc) is 3.09. The van der Waals surface area contributed by atoms with Crippen LogP contribution in [-0.4, -0.2) is 48.5 Å². The number of ether oxygens (including phenoxy) is 1. The Balaban J connectivity index is 1.53. The summed E-state index contributed by atoms with van der Waals surface area (Å²) in [6, 6.07) is 17.6. The van der Waals surface area contributed by atoms with Crippen LogP contribution in [0.4, 0.5) is 0 Å². The molecule has 2 aliphatic rings. The van der Waals surface area contributed by atoms with Gasteiger partial charge in [-0.2, -0.15) is 0 Å². The summed E-state index contributed by atoms with van der Waals surface area (Å²) in [6.07, 6.45) is 1.06. The molecule has 2 aromatic rings. The lowest BCUT2D eigenvalue weighted by molar-refractivity contribution is -0.130. The van der Waals surface area contributed by atoms with Gasteiger partial charge in [-0.1, -0.05) is 42.0 Å². The molecule has 3 atom stereocenters. The van der Waals surface area contributed by atoms with Crippen molar-refractivity contribution in [1.29, 1.82) is 0 Å². The summed E-state index contributed by atoms with van der Waals surface area (Å²) in [6.45, 7) is 7.75. The molecule has 28 heavy (non-hydrogen) atoms. The Labute approximate surface area is 168 Å². The number of carbonyl (C=O) groups excluding carboxylic acids is 1. The first-order chi connectivity index (χ1) is 13.5. The summed E-state index contributed by atoms with van der Waals surface area (Å²) in [5.41, 5.74) is 3.98. The van der Waals surface area contributed by atoms with Gasteiger partial charge in [0.2, 0.25) is 5.91 Å². The topological polar surface area (TPSA) is 32.8 Å². The molecule has 0 spiro atoms. The first kappa shape index (κ1) is 19.0. The maximum atomic E-state index is 12.3. The Morgan fingerprint density at radius 3 is 2.43 bits per heavy atom. The maximum Gasteiger partial charge on any atom is 0.219 e. The minimum atomic E-state index is 0.206. The van der Waals surface area contributed by atoms with E-state index in [1.807, 2.05) is 12.1 Å². The molecule has 4 nitrogen and oxygen atoms in total. The monoisotopic (exact) mass is 378 g/mol. The normalized spacial score (nSPS) is 24.8. The van der Waals surface area contributed by atoms with Crippen molar-refractivity contribution in [2.45, 2.75) is 38.8 Å². The molecule has 2 heterocycles. The van der Waals surface area contributed by atoms with E-state index < -0.39 is 0 Å². The molecule has 148 valence electrons. The van der Waals surface area contributed by atoms with E-state index in [9.17, 15) is 4.79 Å². The van der Waals surface area contributed by atoms with Gasteiger partial charge in [0.15, 0.2) is 0 Å². The SMILES string of the molecule is COc1ccc([C@H]2CN(C(C)=O)[C@@H]3CCN(Cc4ccc(C)cc4)C[C@H]23)cc1. The number of aryl methyl sites for hydroxylation is 1. The van der Waals surface area contributed by atoms with Crippen LogP contribution < -0.4 is 4.74 Å². The number of nitrogens with zero attached hydrogens (tertiary/aromatic N) is 2. The first-order valence-corrected chi connectivity index (χ1v) is 10.2. The molecular weight excluding hydrogens is 348 g/mol. The highest BCUT2D eigenvalue weighted by molar-refractivity contribution is 5.74. The van der Waals surface area contributed by atoms with Crippen molar-refractivity contribution in [3.8, 4) is 5.75 Å². The lowest BCUT2D eigenvalue weighted by atomic mass is 9.81. The molecule has 0 N–H and O–H groups in total. The van der Waals surface area contributed by atoms with Crippen molar-refractivity contribution in [1.82, 2.24) is 9.80 Å². The Hall–Kier alpha value is -2.33. The molecule has 0 unspecified atom stereocenters. The van der Waals surface area contributed by atoms with Crippen molar-refractivity contribution >= 4 is 5.91 Å². The molecular formula is C24H30N2O2. The molecule has 4 rings (SSSR count). The molecule has 2 fully saturated rings. The number of methoxy groups -OCH3 is 1. The van der Waals surface area contributed by atoms with Gasteiger partial charge in [-0.15, -0.1) is 0 Å². The average molecular weight is 379 g/mol. The van der Waals surface area contributed by atoms with Crippen molar-refractivity contribution < 1.29 is 9.53 Å². The highest BCUT2D eigenvalue weighted by Crippen LogP contribution is 2.42. The van der Waals surface area contributed by atoms with Crippen LogP contribution in [0.5, 0.6) is 5.75 Å². The fourth-order valence-corrected chi connectivity index (χ4v) is 4.97. The highest BCUT2D eigenvalue weighted by Gasteiger charge is 2.46. The van der Waals surface area contributed by atoms with Crippen molar-refractivity contribution in [2.24, 2.45) is 5.92 Å². The number of likely N-dealkylation sites (tertiary alicyclic amines) is 2. The van der Waals surface area contributed by atoms with E-state index in [-0.39, 0.29) is 5.91 Å². The molecule has 2 aromatic carbocycles. The van der Waals surface area contributed by atoms with Gasteiger partial charge >= 0.3 is 0 Å². The second-order valence-corrected chi connectivity index (χ2v) is 8.29. The summed E-state index contributed by atoms with van der Waals surface area (Å²) in [5, 5.41) is 0. The van der Waals surface area contributed by atoms with Gasteiger partial charge in [-0.3, -0.25) is 9.69 Å². The van der Waals surface area contributed by atoms with Gasteiger partial charge in [0.1, 0.15) is 5.75 Å². The predicted molar refractivity (Wildman–Crippen MR) is 111 cm³/mol. The zero-order chi connectivity index (χ0) is 19.7. The third-order valence-corrected chi connectivity index (χ3v) is 6.49. The van der Waals surface area contributed by atoms with Gasteiger partial charge in [-0.05, 0) is 36.6 Å². The number of hydrogen-bond acceptors (Lipinski definition) is 3. The highest BCUT2D eigenvalue weighted by atomic mass is 16.5. The number of rotatable bonds is 4. The van der Waals surface area contributed by atoms with E-state index in [2.05, 4.69) is 53.1 Å². The standard InChI is InChI=1S/C24H30N2O2/c1-17-4-6-19(7-5-17)14-25-13-12-24-23(15-25)22(16-26(24)18(2)27)20-8-10-21(28-3)11-9-20/h4-11,22-24H,12-16H2,1-3H3/t22-,23-,24-/m1/s1. The quantitative estimate of drug-likeness (QED) is 0.810. The van der Waals surface area contributed by atoms with Crippen LogP contribution in [0, 0.1) is 12.8 Å². The summed E-state index contributed by atoms with van der Waals surface area (Å²) in [4.78, 5) is 17.0. The Bertz CT molecular complexity index is 816. The smallest absolute Gasteiger partial charge is 0.219 e. The van der Waals surface area contributed by atoms with E-state index in [0.717, 1.165) is 38.3 Å². The number of fused-ring (bicyclic) bond motifs is 1. The second-order valence-electron chi connectivity index (χ2n) is 8.29. The number of hydrogen-bond donors (Lipinski definition) is 0. The molecule has 0 aliphatic carbocycles. The van der Waals surface area contributed by atoms with Crippen molar-refractivity contribution in [2.75, 3.05) is 26.7 Å². The van der Waals surface area contributed by atoms with Crippen LogP contribution in [0.2, 0.25) is 0 Å². The minimum absolute atomic E-state index is 0.206. The predicted octanol–water partition coefficient (Wildman–Crippen LogP) is 3.84. The van der Waals surface area contributed by atoms with Crippen LogP contribution >= 0.6 is 0 Å². The zero-order valence-electron chi connectivity index (χ0n) is 17.1. The number of amides is 1. The van der Waals surface area contributed by atoms with Crippen LogP contribution in [0.15, 0.2) is 48.5 Å². The summed E-state index contributed by atoms with van der Waals surface area (Å²) < 4.78 is 5.32. The van der Waals surface area contributed by atoms with E-state index in [1.54, 1.807) is 14.0 Å². The Morgan fingerprint density at radius 1 is 1.07 bits per heavy atom. The fourth-order valence-electron chi connectivity index (χ4n) is 4.97. The van der Waals surface area contributed by atoms with Gasteiger partial charge in [0.05, 0.1) is 7.11 Å². The minimum Gasteiger partial charge on any atom is -0.497 e. The van der Waals surface area contributed by atoms with Crippen LogP contribution in [0.25, 0.3) is 0 Å². The Morgan fingerprint density at radius 2 is 1.79 bits per heavy atom. The number of benzene rings is 2. The maximum absolute atomic E-state index is 12.3. The van der Waals surface area contributed by atoms with Crippen molar-refractivity contribution in [3.05, 3.63) is 65.2 Å². The van der Waals surface area contributed by atoms with E-state index >= 15 is 0 Å². The van der Waals surface area contributed by atoms with E-state index in [4.69, 9.17) is 4.74 Å². The van der Waals surface area contributed by atoms with Crippen LogP contribution in [-0.2, 0) is 11.3 Å². The van der Waals surface area contributed by atoms with Crippen LogP contribution in [0.1, 0.15) is 36.0 Å². The molecule has 2 aliphatic heterocycles. The van der Waals surface area contributed by atoms with Crippen LogP contribution in [0.3, 0.4) is 0 Å². The van der Waals surface area contributed by atoms with Gasteiger partial charge in [0.25, 0.3) is 0 Å². The summed E-state index contributed by atoms with van der Waals surface area (Å²) in [7, 11) is 1.70. The molecule has 1 amide bonds. The van der Waals surface area contributed by atoms with E-state index in [1.165, 1.54) is 16.7 Å². The summed E-state index contributed by atoms with van der Waals surface area (Å²) in [5.74, 6) is 1.96. The first-order valence-electron chi connectivity index (χ1n) is 10.2. The lowest BCUT2D eigenvalue weighted by Crippen LogP contribution is -2.47. The van der Waals surface area contributed by atoms with E-state index in [0.29, 0.717) is 17.9 Å². The molecule has 0 saturated carbocycles. The third kappa shape index (κ3) is 3.79. The fraction of sp³-hybridized carbons (Fsp3) is 0.458. The summed E-state index contributed by atoms with van der Waals surface area (Å²) >= 11 is 0. The molecule has 0 bridgehead atoms. The largest absolute Gasteiger partial charge is 0.497 e. The zero-order valence-corrected chi connectivity index (χ0v) is 17.1. The number of carbonyl (C=O) groups is 1. The second kappa shape index (κ2) is 7.96. The molecule has 0 radical (unpaired) electrons. The van der Waals surface area contributed by atoms with Gasteiger partial charge in [0, 0.05) is 51.0 Å². The third-order valence-electron chi connectivity index (χ3n) is 6.49. The molecule has 4 heteroatoms. The van der Waals surface area contributed by atoms with Crippen molar-refractivity contribution in [3.63, 3.8) is 0 Å². The molecule has 2 saturated heterocycles. The van der Waals surface area contributed by atoms with Gasteiger partial charge in [-0.25, -0.2) is 0 Å². The molecule has 0 aromatic heterocycles. The van der Waals surface area contributed by atoms with Gasteiger partial charge < -0.3 is 9.64 Å².